The van der Waals surface area contributed by atoms with Gasteiger partial charge in [-0.15, -0.1) is 0 Å². The average Bonchev–Trinajstić information content (AvgIpc) is 3.20. The maximum absolute atomic E-state index is 12.8. The fourth-order valence-electron chi connectivity index (χ4n) is 4.81. The molecule has 2 aromatic carbocycles. The van der Waals surface area contributed by atoms with Gasteiger partial charge in [0.05, 0.1) is 17.0 Å². The third kappa shape index (κ3) is 5.43. The first-order chi connectivity index (χ1) is 17.5. The average molecular weight is 504 g/mol. The van der Waals surface area contributed by atoms with Gasteiger partial charge in [-0.05, 0) is 43.5 Å². The topological polar surface area (TPSA) is 102 Å². The quantitative estimate of drug-likeness (QED) is 0.492. The highest BCUT2D eigenvalue weighted by atomic mass is 16.6. The molecule has 1 amide bonds. The Labute approximate surface area is 216 Å². The number of carboxylic acids is 1. The lowest BCUT2D eigenvalue weighted by atomic mass is 9.98. The molecule has 4 rings (SSSR count). The van der Waals surface area contributed by atoms with Gasteiger partial charge in [-0.25, -0.2) is 14.6 Å². The van der Waals surface area contributed by atoms with Gasteiger partial charge in [-0.1, -0.05) is 49.4 Å². The zero-order valence-electron chi connectivity index (χ0n) is 21.9. The number of carbonyl (C=O) groups excluding carboxylic acids is 2. The number of carbonyl (C=O) groups is 3. The molecule has 3 aromatic rings. The molecular formula is C29H33N3O5. The number of carboxylic acid groups (broad SMARTS) is 1. The third-order valence-electron chi connectivity index (χ3n) is 6.43. The van der Waals surface area contributed by atoms with E-state index in [2.05, 4.69) is 0 Å². The van der Waals surface area contributed by atoms with E-state index < -0.39 is 17.6 Å². The second kappa shape index (κ2) is 10.2. The van der Waals surface area contributed by atoms with Gasteiger partial charge in [0.1, 0.15) is 11.4 Å². The molecule has 8 nitrogen and oxygen atoms in total. The molecule has 37 heavy (non-hydrogen) atoms. The number of aromatic nitrogens is 2. The monoisotopic (exact) mass is 503 g/mol. The molecule has 1 N–H and O–H groups in total. The van der Waals surface area contributed by atoms with Crippen LogP contribution in [0.1, 0.15) is 73.8 Å². The van der Waals surface area contributed by atoms with Crippen LogP contribution in [-0.2, 0) is 33.7 Å². The highest BCUT2D eigenvalue weighted by molar-refractivity contribution is 5.97. The predicted molar refractivity (Wildman–Crippen MR) is 139 cm³/mol. The van der Waals surface area contributed by atoms with Gasteiger partial charge in [-0.3, -0.25) is 4.79 Å². The van der Waals surface area contributed by atoms with Crippen LogP contribution in [0.2, 0.25) is 0 Å². The van der Waals surface area contributed by atoms with E-state index in [1.54, 1.807) is 6.07 Å². The summed E-state index contributed by atoms with van der Waals surface area (Å²) in [5.74, 6) is -0.911. The van der Waals surface area contributed by atoms with Crippen molar-refractivity contribution in [3.05, 3.63) is 76.9 Å². The van der Waals surface area contributed by atoms with Gasteiger partial charge in [0.2, 0.25) is 5.91 Å². The van der Waals surface area contributed by atoms with Crippen molar-refractivity contribution in [1.29, 1.82) is 0 Å². The van der Waals surface area contributed by atoms with Crippen LogP contribution in [-0.4, -0.2) is 49.5 Å². The van der Waals surface area contributed by atoms with Crippen molar-refractivity contribution in [2.24, 2.45) is 0 Å². The van der Waals surface area contributed by atoms with Gasteiger partial charge in [0.15, 0.2) is 6.04 Å². The Morgan fingerprint density at radius 3 is 2.35 bits per heavy atom. The van der Waals surface area contributed by atoms with Gasteiger partial charge >= 0.3 is 11.9 Å². The van der Waals surface area contributed by atoms with Crippen LogP contribution in [0, 0.1) is 0 Å². The number of ether oxygens (including phenoxy) is 1. The van der Waals surface area contributed by atoms with E-state index in [1.165, 1.54) is 11.8 Å². The third-order valence-corrected chi connectivity index (χ3v) is 6.43. The van der Waals surface area contributed by atoms with E-state index in [-0.39, 0.29) is 11.9 Å². The van der Waals surface area contributed by atoms with E-state index in [9.17, 15) is 19.5 Å². The summed E-state index contributed by atoms with van der Waals surface area (Å²) < 4.78 is 7.53. The van der Waals surface area contributed by atoms with Crippen molar-refractivity contribution in [3.63, 3.8) is 0 Å². The van der Waals surface area contributed by atoms with E-state index >= 15 is 0 Å². The first-order valence-electron chi connectivity index (χ1n) is 12.5. The highest BCUT2D eigenvalue weighted by Crippen LogP contribution is 2.32. The van der Waals surface area contributed by atoms with E-state index in [4.69, 9.17) is 9.72 Å². The maximum Gasteiger partial charge on any atom is 0.339 e. The molecule has 0 aliphatic carbocycles. The number of aryl methyl sites for hydroxylation is 1. The van der Waals surface area contributed by atoms with Crippen LogP contribution in [0.4, 0.5) is 0 Å². The summed E-state index contributed by atoms with van der Waals surface area (Å²) in [5.41, 5.74) is 3.82. The van der Waals surface area contributed by atoms with Crippen molar-refractivity contribution < 1.29 is 24.2 Å². The largest absolute Gasteiger partial charge is 0.479 e. The first-order valence-corrected chi connectivity index (χ1v) is 12.5. The molecular weight excluding hydrogens is 470 g/mol. The van der Waals surface area contributed by atoms with Crippen molar-refractivity contribution in [1.82, 2.24) is 14.5 Å². The summed E-state index contributed by atoms with van der Waals surface area (Å²) in [6, 6.07) is 14.1. The summed E-state index contributed by atoms with van der Waals surface area (Å²) in [4.78, 5) is 43.4. The van der Waals surface area contributed by atoms with Gasteiger partial charge in [-0.2, -0.15) is 0 Å². The standard InChI is InChI=1S/C29H33N3O5/c1-6-24-30-23-15-16-31(18(2)33)26(27(34)35)25(23)32(24)17-19-11-13-20(14-12-19)21-9-7-8-10-22(21)28(36)37-29(3,4)5/h7-14,26H,6,15-17H2,1-5H3,(H,34,35). The molecule has 1 aliphatic rings. The Kier molecular flexibility index (Phi) is 7.21. The molecule has 0 spiro atoms. The number of fused-ring (bicyclic) bond motifs is 1. The molecule has 0 fully saturated rings. The van der Waals surface area contributed by atoms with Crippen LogP contribution in [0.3, 0.4) is 0 Å². The number of esters is 1. The Morgan fingerprint density at radius 1 is 1.08 bits per heavy atom. The highest BCUT2D eigenvalue weighted by Gasteiger charge is 2.39. The minimum Gasteiger partial charge on any atom is -0.479 e. The van der Waals surface area contributed by atoms with Crippen LogP contribution < -0.4 is 0 Å². The molecule has 1 atom stereocenters. The summed E-state index contributed by atoms with van der Waals surface area (Å²) in [6.07, 6.45) is 1.17. The summed E-state index contributed by atoms with van der Waals surface area (Å²) in [5, 5.41) is 10.0. The second-order valence-corrected chi connectivity index (χ2v) is 10.2. The lowest BCUT2D eigenvalue weighted by Gasteiger charge is -2.33. The molecule has 194 valence electrons. The minimum atomic E-state index is -1.06. The Hall–Kier alpha value is -3.94. The van der Waals surface area contributed by atoms with Crippen LogP contribution in [0.25, 0.3) is 11.1 Å². The first kappa shape index (κ1) is 26.1. The number of benzene rings is 2. The second-order valence-electron chi connectivity index (χ2n) is 10.2. The van der Waals surface area contributed by atoms with Gasteiger partial charge in [0.25, 0.3) is 0 Å². The fourth-order valence-corrected chi connectivity index (χ4v) is 4.81. The Balaban J connectivity index is 1.67. The smallest absolute Gasteiger partial charge is 0.339 e. The normalized spacial score (nSPS) is 15.3. The number of hydrogen-bond donors (Lipinski definition) is 1. The minimum absolute atomic E-state index is 0.267. The van der Waals surface area contributed by atoms with Gasteiger partial charge in [0, 0.05) is 32.9 Å². The Morgan fingerprint density at radius 2 is 1.76 bits per heavy atom. The van der Waals surface area contributed by atoms with Crippen LogP contribution in [0.15, 0.2) is 48.5 Å². The molecule has 8 heteroatoms. The molecule has 1 unspecified atom stereocenters. The fraction of sp³-hybridized carbons (Fsp3) is 0.379. The number of nitrogens with zero attached hydrogens (tertiary/aromatic N) is 3. The lowest BCUT2D eigenvalue weighted by Crippen LogP contribution is -2.43. The number of amides is 1. The molecule has 2 heterocycles. The van der Waals surface area contributed by atoms with Crippen LogP contribution >= 0.6 is 0 Å². The van der Waals surface area contributed by atoms with E-state index in [0.717, 1.165) is 28.2 Å². The molecule has 1 aliphatic heterocycles. The van der Waals surface area contributed by atoms with E-state index in [1.807, 2.05) is 74.7 Å². The zero-order chi connectivity index (χ0) is 26.9. The van der Waals surface area contributed by atoms with Crippen molar-refractivity contribution in [2.45, 2.75) is 65.6 Å². The van der Waals surface area contributed by atoms with Crippen molar-refractivity contribution in [3.8, 4) is 11.1 Å². The maximum atomic E-state index is 12.8. The summed E-state index contributed by atoms with van der Waals surface area (Å²) in [6.45, 7) is 9.67. The van der Waals surface area contributed by atoms with Crippen molar-refractivity contribution in [2.75, 3.05) is 6.54 Å². The molecule has 0 radical (unpaired) electrons. The zero-order valence-corrected chi connectivity index (χ0v) is 21.9. The molecule has 0 saturated heterocycles. The number of rotatable bonds is 6. The SMILES string of the molecule is CCc1nc2c(n1Cc1ccc(-c3ccccc3C(=O)OC(C)(C)C)cc1)C(C(=O)O)N(C(C)=O)CC2. The lowest BCUT2D eigenvalue weighted by molar-refractivity contribution is -0.150. The molecule has 0 bridgehead atoms. The predicted octanol–water partition coefficient (Wildman–Crippen LogP) is 4.65. The van der Waals surface area contributed by atoms with Crippen molar-refractivity contribution >= 4 is 17.8 Å². The molecule has 0 saturated carbocycles. The number of aliphatic carboxylic acids is 1. The number of hydrogen-bond acceptors (Lipinski definition) is 5. The molecule has 1 aromatic heterocycles. The Bertz CT molecular complexity index is 1330. The van der Waals surface area contributed by atoms with Crippen LogP contribution in [0.5, 0.6) is 0 Å². The van der Waals surface area contributed by atoms with E-state index in [0.29, 0.717) is 37.2 Å². The number of imidazole rings is 1. The van der Waals surface area contributed by atoms with Gasteiger partial charge < -0.3 is 19.3 Å². The summed E-state index contributed by atoms with van der Waals surface area (Å²) >= 11 is 0. The summed E-state index contributed by atoms with van der Waals surface area (Å²) in [7, 11) is 0.